The molecule has 0 aromatic heterocycles. The Kier molecular flexibility index (Phi) is 10.2. The first-order chi connectivity index (χ1) is 19.8. The number of hydrogen-bond donors (Lipinski definition) is 1. The first kappa shape index (κ1) is 31.9. The van der Waals surface area contributed by atoms with Crippen molar-refractivity contribution in [3.05, 3.63) is 71.3 Å². The van der Waals surface area contributed by atoms with Crippen molar-refractivity contribution in [3.8, 4) is 11.5 Å². The standard InChI is InChI=1S/C34H47NO6Si/c1-24-20-27(36)14-15-28(24)30-16-17-35(33(37)41-34(2,3)4)21-31(30)39-22-26-13-12-25-10-8-9-11-29(25)32(26)40-23-38-18-19-42(5,6)7/h8-15,20,30-31,36H,16-19,21-23H2,1-7H3. The van der Waals surface area contributed by atoms with Crippen LogP contribution in [0.2, 0.25) is 25.7 Å². The molecule has 7 nitrogen and oxygen atoms in total. The minimum absolute atomic E-state index is 0.0546. The number of ether oxygens (including phenoxy) is 4. The van der Waals surface area contributed by atoms with E-state index in [1.807, 2.05) is 45.9 Å². The van der Waals surface area contributed by atoms with Crippen LogP contribution in [0.3, 0.4) is 0 Å². The molecule has 1 aliphatic heterocycles. The van der Waals surface area contributed by atoms with Crippen molar-refractivity contribution in [2.75, 3.05) is 26.5 Å². The largest absolute Gasteiger partial charge is 0.508 e. The molecule has 1 saturated heterocycles. The van der Waals surface area contributed by atoms with E-state index in [2.05, 4.69) is 43.9 Å². The number of nitrogens with zero attached hydrogens (tertiary/aromatic N) is 1. The number of carbonyl (C=O) groups is 1. The van der Waals surface area contributed by atoms with Gasteiger partial charge < -0.3 is 29.0 Å². The summed E-state index contributed by atoms with van der Waals surface area (Å²) >= 11 is 0. The molecule has 1 heterocycles. The van der Waals surface area contributed by atoms with Gasteiger partial charge in [0.15, 0.2) is 6.79 Å². The second-order valence-electron chi connectivity index (χ2n) is 13.5. The normalized spacial score (nSPS) is 17.8. The fraction of sp³-hybridized carbons (Fsp3) is 0.500. The number of rotatable bonds is 10. The highest BCUT2D eigenvalue weighted by Crippen LogP contribution is 2.36. The van der Waals surface area contributed by atoms with E-state index in [0.717, 1.165) is 45.7 Å². The summed E-state index contributed by atoms with van der Waals surface area (Å²) < 4.78 is 24.5. The molecule has 4 rings (SSSR count). The summed E-state index contributed by atoms with van der Waals surface area (Å²) in [6.07, 6.45) is 0.116. The van der Waals surface area contributed by atoms with Gasteiger partial charge in [-0.1, -0.05) is 62.1 Å². The Hall–Kier alpha value is -3.07. The van der Waals surface area contributed by atoms with E-state index in [9.17, 15) is 9.90 Å². The van der Waals surface area contributed by atoms with E-state index in [4.69, 9.17) is 18.9 Å². The summed E-state index contributed by atoms with van der Waals surface area (Å²) in [5.41, 5.74) is 2.47. The van der Waals surface area contributed by atoms with Crippen molar-refractivity contribution in [2.45, 2.75) is 84.0 Å². The minimum atomic E-state index is -1.19. The lowest BCUT2D eigenvalue weighted by molar-refractivity contribution is -0.0373. The summed E-state index contributed by atoms with van der Waals surface area (Å²) in [5, 5.41) is 12.1. The van der Waals surface area contributed by atoms with Crippen molar-refractivity contribution in [2.24, 2.45) is 0 Å². The maximum Gasteiger partial charge on any atom is 0.410 e. The molecule has 42 heavy (non-hydrogen) atoms. The number of benzene rings is 3. The molecule has 228 valence electrons. The highest BCUT2D eigenvalue weighted by atomic mass is 28.3. The summed E-state index contributed by atoms with van der Waals surface area (Å²) in [4.78, 5) is 14.7. The number of hydrogen-bond acceptors (Lipinski definition) is 6. The van der Waals surface area contributed by atoms with Gasteiger partial charge >= 0.3 is 6.09 Å². The number of carbonyl (C=O) groups excluding carboxylic acids is 1. The molecular formula is C34H47NO6Si. The number of amides is 1. The van der Waals surface area contributed by atoms with Crippen molar-refractivity contribution >= 4 is 24.9 Å². The van der Waals surface area contributed by atoms with Gasteiger partial charge in [-0.3, -0.25) is 0 Å². The van der Waals surface area contributed by atoms with Gasteiger partial charge in [0, 0.05) is 38.1 Å². The van der Waals surface area contributed by atoms with E-state index < -0.39 is 13.7 Å². The van der Waals surface area contributed by atoms with Crippen LogP contribution in [0, 0.1) is 6.92 Å². The third kappa shape index (κ3) is 8.72. The molecule has 0 spiro atoms. The Balaban J connectivity index is 1.56. The Bertz CT molecular complexity index is 1360. The van der Waals surface area contributed by atoms with E-state index in [-0.39, 0.29) is 30.7 Å². The molecule has 3 aromatic rings. The number of likely N-dealkylation sites (tertiary alicyclic amines) is 1. The highest BCUT2D eigenvalue weighted by Gasteiger charge is 2.36. The van der Waals surface area contributed by atoms with Crippen LogP contribution < -0.4 is 4.74 Å². The zero-order chi connectivity index (χ0) is 30.5. The number of phenolic OH excluding ortho intramolecular Hbond substituents is 1. The smallest absolute Gasteiger partial charge is 0.410 e. The first-order valence-corrected chi connectivity index (χ1v) is 18.6. The molecule has 0 radical (unpaired) electrons. The Morgan fingerprint density at radius 2 is 1.83 bits per heavy atom. The van der Waals surface area contributed by atoms with Crippen LogP contribution in [0.25, 0.3) is 10.8 Å². The van der Waals surface area contributed by atoms with Crippen LogP contribution in [0.4, 0.5) is 4.79 Å². The van der Waals surface area contributed by atoms with Gasteiger partial charge in [0.05, 0.1) is 19.3 Å². The van der Waals surface area contributed by atoms with Crippen LogP contribution in [0.15, 0.2) is 54.6 Å². The van der Waals surface area contributed by atoms with Crippen LogP contribution in [0.5, 0.6) is 11.5 Å². The number of phenols is 1. The molecular weight excluding hydrogens is 546 g/mol. The van der Waals surface area contributed by atoms with Crippen LogP contribution in [0.1, 0.15) is 49.8 Å². The van der Waals surface area contributed by atoms with Gasteiger partial charge in [0.25, 0.3) is 0 Å². The zero-order valence-corrected chi connectivity index (χ0v) is 27.2. The maximum absolute atomic E-state index is 13.0. The molecule has 1 fully saturated rings. The van der Waals surface area contributed by atoms with Gasteiger partial charge in [-0.15, -0.1) is 0 Å². The van der Waals surface area contributed by atoms with Gasteiger partial charge in [0.2, 0.25) is 0 Å². The lowest BCUT2D eigenvalue weighted by Gasteiger charge is -2.39. The third-order valence-electron chi connectivity index (χ3n) is 7.56. The monoisotopic (exact) mass is 593 g/mol. The molecule has 1 amide bonds. The Morgan fingerprint density at radius 1 is 1.07 bits per heavy atom. The number of aryl methyl sites for hydroxylation is 1. The fourth-order valence-electron chi connectivity index (χ4n) is 5.32. The summed E-state index contributed by atoms with van der Waals surface area (Å²) in [5.74, 6) is 1.06. The summed E-state index contributed by atoms with van der Waals surface area (Å²) in [7, 11) is -1.19. The SMILES string of the molecule is Cc1cc(O)ccc1C1CCN(C(=O)OC(C)(C)C)CC1OCc1ccc2ccccc2c1OCOCC[Si](C)(C)C. The lowest BCUT2D eigenvalue weighted by atomic mass is 9.84. The second kappa shape index (κ2) is 13.5. The Labute approximate surface area is 251 Å². The number of fused-ring (bicyclic) bond motifs is 1. The van der Waals surface area contributed by atoms with Crippen molar-refractivity contribution in [3.63, 3.8) is 0 Å². The van der Waals surface area contributed by atoms with Crippen LogP contribution in [-0.2, 0) is 20.8 Å². The summed E-state index contributed by atoms with van der Waals surface area (Å²) in [6.45, 7) is 16.8. The van der Waals surface area contributed by atoms with Crippen molar-refractivity contribution < 1.29 is 28.8 Å². The molecule has 8 heteroatoms. The van der Waals surface area contributed by atoms with E-state index in [1.54, 1.807) is 17.0 Å². The molecule has 2 atom stereocenters. The molecule has 0 bridgehead atoms. The molecule has 2 unspecified atom stereocenters. The molecule has 0 saturated carbocycles. The first-order valence-electron chi connectivity index (χ1n) is 14.9. The quantitative estimate of drug-likeness (QED) is 0.147. The molecule has 3 aromatic carbocycles. The van der Waals surface area contributed by atoms with Crippen LogP contribution in [-0.4, -0.2) is 62.4 Å². The van der Waals surface area contributed by atoms with E-state index in [0.29, 0.717) is 26.3 Å². The average molecular weight is 594 g/mol. The molecule has 1 N–H and O–H groups in total. The van der Waals surface area contributed by atoms with Gasteiger partial charge in [-0.2, -0.15) is 0 Å². The van der Waals surface area contributed by atoms with Crippen molar-refractivity contribution in [1.82, 2.24) is 4.90 Å². The minimum Gasteiger partial charge on any atom is -0.508 e. The van der Waals surface area contributed by atoms with E-state index in [1.165, 1.54) is 0 Å². The van der Waals surface area contributed by atoms with Gasteiger partial charge in [-0.25, -0.2) is 4.79 Å². The average Bonchev–Trinajstić information content (AvgIpc) is 2.90. The Morgan fingerprint density at radius 3 is 2.55 bits per heavy atom. The lowest BCUT2D eigenvalue weighted by Crippen LogP contribution is -2.48. The van der Waals surface area contributed by atoms with Crippen LogP contribution >= 0.6 is 0 Å². The zero-order valence-electron chi connectivity index (χ0n) is 26.2. The van der Waals surface area contributed by atoms with E-state index >= 15 is 0 Å². The molecule has 1 aliphatic rings. The van der Waals surface area contributed by atoms with Gasteiger partial charge in [0.1, 0.15) is 17.1 Å². The highest BCUT2D eigenvalue weighted by molar-refractivity contribution is 6.76. The van der Waals surface area contributed by atoms with Gasteiger partial charge in [-0.05, 0) is 68.8 Å². The van der Waals surface area contributed by atoms with Crippen molar-refractivity contribution in [1.29, 1.82) is 0 Å². The second-order valence-corrected chi connectivity index (χ2v) is 19.1. The fourth-order valence-corrected chi connectivity index (χ4v) is 6.07. The number of piperidine rings is 1. The summed E-state index contributed by atoms with van der Waals surface area (Å²) in [6, 6.07) is 18.8. The maximum atomic E-state index is 13.0. The molecule has 0 aliphatic carbocycles. The topological polar surface area (TPSA) is 77.5 Å². The predicted octanol–water partition coefficient (Wildman–Crippen LogP) is 7.85. The third-order valence-corrected chi connectivity index (χ3v) is 9.26. The predicted molar refractivity (Wildman–Crippen MR) is 170 cm³/mol. The number of aromatic hydroxyl groups is 1.